The van der Waals surface area contributed by atoms with Crippen molar-refractivity contribution in [3.05, 3.63) is 83.7 Å². The van der Waals surface area contributed by atoms with Crippen LogP contribution in [-0.2, 0) is 17.8 Å². The molecular weight excluding hydrogens is 381 g/mol. The van der Waals surface area contributed by atoms with Gasteiger partial charge in [0.05, 0.1) is 17.9 Å². The van der Waals surface area contributed by atoms with Gasteiger partial charge in [-0.1, -0.05) is 24.3 Å². The summed E-state index contributed by atoms with van der Waals surface area (Å²) in [7, 11) is 0. The van der Waals surface area contributed by atoms with Crippen LogP contribution < -0.4 is 10.2 Å². The summed E-state index contributed by atoms with van der Waals surface area (Å²) in [5.74, 6) is -0.413. The van der Waals surface area contributed by atoms with E-state index in [-0.39, 0.29) is 17.5 Å². The highest BCUT2D eigenvalue weighted by Gasteiger charge is 2.31. The number of halogens is 1. The highest BCUT2D eigenvalue weighted by molar-refractivity contribution is 5.99. The van der Waals surface area contributed by atoms with E-state index in [1.807, 2.05) is 45.9 Å². The molecule has 0 bridgehead atoms. The molecule has 30 heavy (non-hydrogen) atoms. The number of carbonyl (C=O) groups excluding carboxylic acids is 1. The van der Waals surface area contributed by atoms with Crippen molar-refractivity contribution >= 4 is 11.6 Å². The van der Waals surface area contributed by atoms with Crippen molar-refractivity contribution in [3.63, 3.8) is 0 Å². The van der Waals surface area contributed by atoms with Crippen LogP contribution in [0.3, 0.4) is 0 Å². The van der Waals surface area contributed by atoms with E-state index in [9.17, 15) is 9.18 Å². The lowest BCUT2D eigenvalue weighted by atomic mass is 10.1. The number of benzene rings is 2. The summed E-state index contributed by atoms with van der Waals surface area (Å²) in [6, 6.07) is 16.0. The molecule has 2 aromatic carbocycles. The van der Waals surface area contributed by atoms with E-state index in [1.165, 1.54) is 12.1 Å². The van der Waals surface area contributed by atoms with Gasteiger partial charge < -0.3 is 14.8 Å². The van der Waals surface area contributed by atoms with E-state index < -0.39 is 5.82 Å². The van der Waals surface area contributed by atoms with Gasteiger partial charge in [0.2, 0.25) is 5.91 Å². The number of nitriles is 1. The lowest BCUT2D eigenvalue weighted by Gasteiger charge is -2.17. The summed E-state index contributed by atoms with van der Waals surface area (Å²) in [5, 5.41) is 12.2. The number of amides is 1. The van der Waals surface area contributed by atoms with Crippen LogP contribution in [0.2, 0.25) is 0 Å². The zero-order chi connectivity index (χ0) is 20.9. The zero-order valence-electron chi connectivity index (χ0n) is 16.5. The summed E-state index contributed by atoms with van der Waals surface area (Å²) in [6.07, 6.45) is 4.98. The first-order chi connectivity index (χ1) is 14.7. The maximum absolute atomic E-state index is 13.9. The largest absolute Gasteiger partial charge is 0.330 e. The topological polar surface area (TPSA) is 74.0 Å². The quantitative estimate of drug-likeness (QED) is 0.658. The molecular formula is C23H22FN5O. The van der Waals surface area contributed by atoms with Crippen LogP contribution >= 0.6 is 0 Å². The second-order valence-electron chi connectivity index (χ2n) is 7.31. The molecule has 1 aliphatic heterocycles. The fourth-order valence-electron chi connectivity index (χ4n) is 3.75. The number of imidazole rings is 1. The van der Waals surface area contributed by atoms with Crippen molar-refractivity contribution in [2.24, 2.45) is 0 Å². The standard InChI is InChI=1S/C23H22FN5O/c24-21-12-17(6-7-18(21)13-25)15-28-16-26-14-20(28)8-10-27-22-9-11-29(23(22)30)19-4-2-1-3-5-19/h1-7,12,14,16,22,27H,8-11,15H2/t22-/m1/s1. The fraction of sp³-hybridized carbons (Fsp3) is 0.261. The monoisotopic (exact) mass is 403 g/mol. The normalized spacial score (nSPS) is 16.1. The summed E-state index contributed by atoms with van der Waals surface area (Å²) in [4.78, 5) is 18.7. The molecule has 1 saturated heterocycles. The van der Waals surface area contributed by atoms with E-state index in [0.29, 0.717) is 26.1 Å². The van der Waals surface area contributed by atoms with Crippen LogP contribution in [0.25, 0.3) is 0 Å². The third-order valence-electron chi connectivity index (χ3n) is 5.35. The van der Waals surface area contributed by atoms with Gasteiger partial charge in [-0.05, 0) is 36.2 Å². The number of para-hydroxylation sites is 1. The van der Waals surface area contributed by atoms with Crippen LogP contribution in [-0.4, -0.2) is 34.6 Å². The van der Waals surface area contributed by atoms with Crippen LogP contribution in [0.4, 0.5) is 10.1 Å². The number of nitrogens with one attached hydrogen (secondary N) is 1. The van der Waals surface area contributed by atoms with Crippen molar-refractivity contribution in [1.29, 1.82) is 5.26 Å². The van der Waals surface area contributed by atoms with Crippen molar-refractivity contribution in [2.75, 3.05) is 18.0 Å². The van der Waals surface area contributed by atoms with E-state index in [0.717, 1.165) is 23.4 Å². The van der Waals surface area contributed by atoms with Gasteiger partial charge in [-0.25, -0.2) is 9.37 Å². The molecule has 3 aromatic rings. The molecule has 4 rings (SSSR count). The Morgan fingerprint density at radius 3 is 2.83 bits per heavy atom. The van der Waals surface area contributed by atoms with Crippen molar-refractivity contribution in [1.82, 2.24) is 14.9 Å². The lowest BCUT2D eigenvalue weighted by Crippen LogP contribution is -2.39. The SMILES string of the molecule is N#Cc1ccc(Cn2cncc2CCN[C@@H]2CCN(c3ccccc3)C2=O)cc1F. The third-order valence-corrected chi connectivity index (χ3v) is 5.35. The molecule has 2 heterocycles. The second-order valence-corrected chi connectivity index (χ2v) is 7.31. The van der Waals surface area contributed by atoms with E-state index in [4.69, 9.17) is 5.26 Å². The number of hydrogen-bond donors (Lipinski definition) is 1. The minimum atomic E-state index is -0.513. The van der Waals surface area contributed by atoms with E-state index >= 15 is 0 Å². The van der Waals surface area contributed by atoms with Crippen molar-refractivity contribution in [2.45, 2.75) is 25.4 Å². The highest BCUT2D eigenvalue weighted by atomic mass is 19.1. The number of carbonyl (C=O) groups is 1. The molecule has 1 atom stereocenters. The summed E-state index contributed by atoms with van der Waals surface area (Å²) in [6.45, 7) is 1.83. The summed E-state index contributed by atoms with van der Waals surface area (Å²) >= 11 is 0. The van der Waals surface area contributed by atoms with Gasteiger partial charge >= 0.3 is 0 Å². The number of aromatic nitrogens is 2. The highest BCUT2D eigenvalue weighted by Crippen LogP contribution is 2.21. The predicted molar refractivity (Wildman–Crippen MR) is 111 cm³/mol. The average molecular weight is 403 g/mol. The molecule has 0 radical (unpaired) electrons. The minimum absolute atomic E-state index is 0.0413. The minimum Gasteiger partial charge on any atom is -0.330 e. The predicted octanol–water partition coefficient (Wildman–Crippen LogP) is 2.88. The third kappa shape index (κ3) is 4.24. The van der Waals surface area contributed by atoms with Gasteiger partial charge in [0, 0.05) is 43.6 Å². The van der Waals surface area contributed by atoms with Gasteiger partial charge in [0.1, 0.15) is 11.9 Å². The van der Waals surface area contributed by atoms with Crippen LogP contribution in [0, 0.1) is 17.1 Å². The molecule has 0 unspecified atom stereocenters. The molecule has 0 saturated carbocycles. The molecule has 1 aliphatic rings. The van der Waals surface area contributed by atoms with Crippen molar-refractivity contribution < 1.29 is 9.18 Å². The first-order valence-electron chi connectivity index (χ1n) is 9.93. The summed E-state index contributed by atoms with van der Waals surface area (Å²) < 4.78 is 15.8. The molecule has 6 nitrogen and oxygen atoms in total. The molecule has 7 heteroatoms. The Hall–Kier alpha value is -3.50. The van der Waals surface area contributed by atoms with Crippen LogP contribution in [0.1, 0.15) is 23.2 Å². The molecule has 1 fully saturated rings. The molecule has 0 aliphatic carbocycles. The molecule has 1 N–H and O–H groups in total. The summed E-state index contributed by atoms with van der Waals surface area (Å²) in [5.41, 5.74) is 2.74. The molecule has 0 spiro atoms. The van der Waals surface area contributed by atoms with Gasteiger partial charge in [0.25, 0.3) is 0 Å². The van der Waals surface area contributed by atoms with E-state index in [2.05, 4.69) is 10.3 Å². The average Bonchev–Trinajstić information content (AvgIpc) is 3.35. The first kappa shape index (κ1) is 19.8. The van der Waals surface area contributed by atoms with E-state index in [1.54, 1.807) is 18.6 Å². The maximum Gasteiger partial charge on any atom is 0.244 e. The number of anilines is 1. The Bertz CT molecular complexity index is 1070. The van der Waals surface area contributed by atoms with Gasteiger partial charge in [-0.3, -0.25) is 4.79 Å². The lowest BCUT2D eigenvalue weighted by molar-refractivity contribution is -0.118. The molecule has 1 amide bonds. The number of rotatable bonds is 7. The molecule has 1 aromatic heterocycles. The van der Waals surface area contributed by atoms with Crippen molar-refractivity contribution in [3.8, 4) is 6.07 Å². The zero-order valence-corrected chi connectivity index (χ0v) is 16.5. The second kappa shape index (κ2) is 8.89. The first-order valence-corrected chi connectivity index (χ1v) is 9.93. The van der Waals surface area contributed by atoms with Gasteiger partial charge in [-0.2, -0.15) is 5.26 Å². The number of nitrogens with zero attached hydrogens (tertiary/aromatic N) is 4. The molecule has 152 valence electrons. The Morgan fingerprint density at radius 1 is 1.23 bits per heavy atom. The van der Waals surface area contributed by atoms with Crippen LogP contribution in [0.15, 0.2) is 61.1 Å². The van der Waals surface area contributed by atoms with Gasteiger partial charge in [0.15, 0.2) is 0 Å². The Balaban J connectivity index is 1.33. The van der Waals surface area contributed by atoms with Crippen LogP contribution in [0.5, 0.6) is 0 Å². The Kier molecular flexibility index (Phi) is 5.87. The smallest absolute Gasteiger partial charge is 0.244 e. The fourth-order valence-corrected chi connectivity index (χ4v) is 3.75. The maximum atomic E-state index is 13.9. The Labute approximate surface area is 174 Å². The van der Waals surface area contributed by atoms with Gasteiger partial charge in [-0.15, -0.1) is 0 Å². The Morgan fingerprint density at radius 2 is 2.07 bits per heavy atom. The number of hydrogen-bond acceptors (Lipinski definition) is 4.